The summed E-state index contributed by atoms with van der Waals surface area (Å²) in [5.74, 6) is -1.49. The zero-order chi connectivity index (χ0) is 25.0. The Kier molecular flexibility index (Phi) is 7.41. The van der Waals surface area contributed by atoms with Gasteiger partial charge in [-0.1, -0.05) is 24.3 Å². The van der Waals surface area contributed by atoms with Crippen LogP contribution in [0.4, 0.5) is 0 Å². The number of benzene rings is 2. The number of amides is 2. The molecule has 0 saturated heterocycles. The largest absolute Gasteiger partial charge is 0.487 e. The Morgan fingerprint density at radius 1 is 1.12 bits per heavy atom. The molecule has 2 aromatic rings. The lowest BCUT2D eigenvalue weighted by Gasteiger charge is -2.34. The second-order valence-electron chi connectivity index (χ2n) is 8.67. The minimum Gasteiger partial charge on any atom is -0.487 e. The van der Waals surface area contributed by atoms with Crippen LogP contribution in [0.15, 0.2) is 24.3 Å². The van der Waals surface area contributed by atoms with E-state index in [0.717, 1.165) is 10.3 Å². The van der Waals surface area contributed by atoms with E-state index in [1.807, 2.05) is 26.0 Å². The Bertz CT molecular complexity index is 1140. The summed E-state index contributed by atoms with van der Waals surface area (Å²) in [7, 11) is 1.43. The summed E-state index contributed by atoms with van der Waals surface area (Å²) < 4.78 is 17.3. The van der Waals surface area contributed by atoms with Crippen molar-refractivity contribution in [1.82, 2.24) is 10.2 Å². The van der Waals surface area contributed by atoms with E-state index in [1.165, 1.54) is 14.0 Å². The Morgan fingerprint density at radius 3 is 2.44 bits per heavy atom. The van der Waals surface area contributed by atoms with Crippen LogP contribution in [-0.4, -0.2) is 60.9 Å². The van der Waals surface area contributed by atoms with E-state index >= 15 is 0 Å². The van der Waals surface area contributed by atoms with E-state index in [0.29, 0.717) is 29.5 Å². The van der Waals surface area contributed by atoms with Crippen LogP contribution < -0.4 is 25.3 Å². The van der Waals surface area contributed by atoms with Crippen molar-refractivity contribution in [1.29, 1.82) is 0 Å². The van der Waals surface area contributed by atoms with Crippen LogP contribution in [0.5, 0.6) is 17.2 Å². The number of nitrogens with one attached hydrogen (secondary N) is 1. The summed E-state index contributed by atoms with van der Waals surface area (Å²) in [6.07, 6.45) is 1.23. The quantitative estimate of drug-likeness (QED) is 0.455. The summed E-state index contributed by atoms with van der Waals surface area (Å²) in [5.41, 5.74) is 5.50. The fourth-order valence-electron chi connectivity index (χ4n) is 3.69. The molecule has 2 aromatic carbocycles. The molecular formula is C24H29N3O7. The van der Waals surface area contributed by atoms with E-state index < -0.39 is 35.9 Å². The maximum Gasteiger partial charge on any atom is 0.330 e. The van der Waals surface area contributed by atoms with Crippen molar-refractivity contribution in [3.8, 4) is 17.2 Å². The predicted molar refractivity (Wildman–Crippen MR) is 124 cm³/mol. The highest BCUT2D eigenvalue weighted by atomic mass is 16.6. The van der Waals surface area contributed by atoms with Crippen LogP contribution in [0.2, 0.25) is 0 Å². The first-order valence-corrected chi connectivity index (χ1v) is 10.9. The number of esters is 2. The molecule has 0 spiro atoms. The highest BCUT2D eigenvalue weighted by molar-refractivity contribution is 6.00. The van der Waals surface area contributed by atoms with Crippen molar-refractivity contribution in [2.24, 2.45) is 5.73 Å². The third-order valence-corrected chi connectivity index (χ3v) is 5.40. The Labute approximate surface area is 197 Å². The Hall–Kier alpha value is -3.66. The molecule has 182 valence electrons. The molecule has 0 radical (unpaired) electrons. The van der Waals surface area contributed by atoms with Gasteiger partial charge in [0.2, 0.25) is 11.8 Å². The number of likely N-dealkylation sites (N-methyl/N-ethyl adjacent to an activating group) is 1. The van der Waals surface area contributed by atoms with Gasteiger partial charge >= 0.3 is 11.9 Å². The molecule has 3 N–H and O–H groups in total. The molecule has 0 aliphatic carbocycles. The molecule has 10 heteroatoms. The zero-order valence-electron chi connectivity index (χ0n) is 19.7. The minimum absolute atomic E-state index is 0.0857. The summed E-state index contributed by atoms with van der Waals surface area (Å²) >= 11 is 0. The highest BCUT2D eigenvalue weighted by Crippen LogP contribution is 2.50. The molecule has 3 rings (SSSR count). The van der Waals surface area contributed by atoms with Crippen molar-refractivity contribution >= 4 is 34.5 Å². The number of rotatable bonds is 7. The molecule has 0 bridgehead atoms. The van der Waals surface area contributed by atoms with E-state index in [4.69, 9.17) is 19.9 Å². The normalized spacial score (nSPS) is 13.9. The lowest BCUT2D eigenvalue weighted by molar-refractivity contribution is -0.137. The van der Waals surface area contributed by atoms with Gasteiger partial charge in [0.15, 0.2) is 11.5 Å². The third-order valence-electron chi connectivity index (χ3n) is 5.40. The molecule has 34 heavy (non-hydrogen) atoms. The van der Waals surface area contributed by atoms with Crippen LogP contribution in [0.3, 0.4) is 0 Å². The van der Waals surface area contributed by atoms with Crippen LogP contribution in [0.25, 0.3) is 10.8 Å². The van der Waals surface area contributed by atoms with Crippen LogP contribution in [0.1, 0.15) is 32.8 Å². The number of nitrogens with two attached hydrogens (primary N) is 1. The smallest absolute Gasteiger partial charge is 0.330 e. The summed E-state index contributed by atoms with van der Waals surface area (Å²) in [6, 6.07) is 7.19. The van der Waals surface area contributed by atoms with Gasteiger partial charge in [0.05, 0.1) is 13.1 Å². The summed E-state index contributed by atoms with van der Waals surface area (Å²) in [5, 5.41) is 3.66. The molecule has 0 aromatic heterocycles. The van der Waals surface area contributed by atoms with E-state index in [9.17, 15) is 19.2 Å². The van der Waals surface area contributed by atoms with Gasteiger partial charge in [-0.3, -0.25) is 14.4 Å². The van der Waals surface area contributed by atoms with E-state index in [-0.39, 0.29) is 24.6 Å². The first-order valence-electron chi connectivity index (χ1n) is 10.9. The summed E-state index contributed by atoms with van der Waals surface area (Å²) in [4.78, 5) is 49.3. The minimum atomic E-state index is -0.767. The lowest BCUT2D eigenvalue weighted by Crippen LogP contribution is -2.42. The molecule has 1 aliphatic rings. The molecule has 1 aliphatic heterocycles. The first-order chi connectivity index (χ1) is 16.0. The fraction of sp³-hybridized carbons (Fsp3) is 0.417. The van der Waals surface area contributed by atoms with Crippen molar-refractivity contribution in [3.63, 3.8) is 0 Å². The number of nitrogens with zero attached hydrogens (tertiary/aromatic N) is 1. The van der Waals surface area contributed by atoms with Gasteiger partial charge in [0.1, 0.15) is 17.9 Å². The van der Waals surface area contributed by atoms with Crippen molar-refractivity contribution in [2.45, 2.75) is 39.2 Å². The van der Waals surface area contributed by atoms with Crippen LogP contribution in [-0.2, 0) is 25.6 Å². The third kappa shape index (κ3) is 5.63. The van der Waals surface area contributed by atoms with Crippen LogP contribution in [0, 0.1) is 0 Å². The standard InChI is InChI=1S/C24H29N3O7/c1-14(28)32-23-17-9-10-24(2,3)34-21(17)15-7-5-6-8-16(15)22(23)33-20(31)12-26-18(29)13-27(4)19(30)11-25/h5-8H,9-13,25H2,1-4H3,(H,26,29). The average molecular weight is 472 g/mol. The summed E-state index contributed by atoms with van der Waals surface area (Å²) in [6.45, 7) is 4.29. The van der Waals surface area contributed by atoms with Crippen molar-refractivity contribution in [3.05, 3.63) is 29.8 Å². The fourth-order valence-corrected chi connectivity index (χ4v) is 3.69. The molecule has 0 fully saturated rings. The highest BCUT2D eigenvalue weighted by Gasteiger charge is 2.34. The molecule has 1 heterocycles. The number of carbonyl (C=O) groups is 4. The second kappa shape index (κ2) is 10.1. The average Bonchev–Trinajstić information content (AvgIpc) is 2.78. The SMILES string of the molecule is CC(=O)Oc1c2c(c3ccccc3c1OC(=O)CNC(=O)CN(C)C(=O)CN)OC(C)(C)CC2. The Morgan fingerprint density at radius 2 is 1.79 bits per heavy atom. The van der Waals surface area contributed by atoms with Gasteiger partial charge in [-0.15, -0.1) is 0 Å². The maximum atomic E-state index is 12.6. The number of ether oxygens (including phenoxy) is 3. The number of fused-ring (bicyclic) bond motifs is 3. The van der Waals surface area contributed by atoms with E-state index in [2.05, 4.69) is 5.32 Å². The first kappa shape index (κ1) is 25.0. The zero-order valence-corrected chi connectivity index (χ0v) is 19.7. The molecule has 0 unspecified atom stereocenters. The Balaban J connectivity index is 1.90. The van der Waals surface area contributed by atoms with Gasteiger partial charge in [-0.2, -0.15) is 0 Å². The van der Waals surface area contributed by atoms with Crippen molar-refractivity contribution in [2.75, 3.05) is 26.7 Å². The maximum absolute atomic E-state index is 12.6. The van der Waals surface area contributed by atoms with Gasteiger partial charge in [-0.05, 0) is 26.7 Å². The number of hydrogen-bond donors (Lipinski definition) is 2. The van der Waals surface area contributed by atoms with E-state index in [1.54, 1.807) is 12.1 Å². The molecule has 2 amide bonds. The lowest BCUT2D eigenvalue weighted by atomic mass is 9.91. The molecule has 10 nitrogen and oxygen atoms in total. The van der Waals surface area contributed by atoms with Gasteiger partial charge in [0.25, 0.3) is 0 Å². The van der Waals surface area contributed by atoms with Crippen molar-refractivity contribution < 1.29 is 33.4 Å². The molecule has 0 atom stereocenters. The molecule has 0 saturated carbocycles. The predicted octanol–water partition coefficient (Wildman–Crippen LogP) is 1.31. The van der Waals surface area contributed by atoms with Gasteiger partial charge in [0, 0.05) is 30.3 Å². The van der Waals surface area contributed by atoms with Gasteiger partial charge < -0.3 is 30.2 Å². The van der Waals surface area contributed by atoms with Crippen LogP contribution >= 0.6 is 0 Å². The van der Waals surface area contributed by atoms with Gasteiger partial charge in [-0.25, -0.2) is 4.79 Å². The monoisotopic (exact) mass is 471 g/mol. The second-order valence-corrected chi connectivity index (χ2v) is 8.67. The number of carbonyl (C=O) groups excluding carboxylic acids is 4. The topological polar surface area (TPSA) is 137 Å². The molecular weight excluding hydrogens is 442 g/mol. The number of hydrogen-bond acceptors (Lipinski definition) is 8.